The Hall–Kier alpha value is -0.940. The molecule has 0 spiro atoms. The lowest BCUT2D eigenvalue weighted by atomic mass is 10.2. The zero-order valence-corrected chi connectivity index (χ0v) is 11.8. The van der Waals surface area contributed by atoms with Crippen molar-refractivity contribution in [2.75, 3.05) is 46.1 Å². The monoisotopic (exact) mass is 267 g/mol. The van der Waals surface area contributed by atoms with Gasteiger partial charge in [-0.25, -0.2) is 0 Å². The lowest BCUT2D eigenvalue weighted by Gasteiger charge is -2.07. The molecule has 0 aromatic heterocycles. The molecule has 0 amide bonds. The number of hydrogen-bond donors (Lipinski definition) is 1. The molecule has 1 aromatic carbocycles. The van der Waals surface area contributed by atoms with E-state index in [9.17, 15) is 0 Å². The van der Waals surface area contributed by atoms with Gasteiger partial charge in [-0.15, -0.1) is 0 Å². The lowest BCUT2D eigenvalue weighted by molar-refractivity contribution is 0.0112. The third-order valence-electron chi connectivity index (χ3n) is 2.53. The zero-order chi connectivity index (χ0) is 13.6. The summed E-state index contributed by atoms with van der Waals surface area (Å²) >= 11 is 0. The Balaban J connectivity index is 1.79. The summed E-state index contributed by atoms with van der Waals surface area (Å²) in [6, 6.07) is 10.1. The molecular weight excluding hydrogens is 242 g/mol. The van der Waals surface area contributed by atoms with E-state index >= 15 is 0 Å². The Morgan fingerprint density at radius 1 is 0.842 bits per heavy atom. The highest BCUT2D eigenvalue weighted by molar-refractivity contribution is 5.13. The molecule has 0 atom stereocenters. The van der Waals surface area contributed by atoms with Crippen molar-refractivity contribution >= 4 is 0 Å². The first kappa shape index (κ1) is 16.1. The Kier molecular flexibility index (Phi) is 10.3. The summed E-state index contributed by atoms with van der Waals surface area (Å²) in [5, 5.41) is 3.20. The van der Waals surface area contributed by atoms with Crippen LogP contribution in [0.1, 0.15) is 12.5 Å². The molecule has 0 heterocycles. The van der Waals surface area contributed by atoms with Crippen molar-refractivity contribution in [3.05, 3.63) is 35.9 Å². The molecule has 1 N–H and O–H groups in total. The molecule has 0 bridgehead atoms. The third-order valence-corrected chi connectivity index (χ3v) is 2.53. The highest BCUT2D eigenvalue weighted by Gasteiger charge is 1.93. The van der Waals surface area contributed by atoms with Gasteiger partial charge in [0.15, 0.2) is 0 Å². The average Bonchev–Trinajstić information content (AvgIpc) is 2.46. The molecule has 0 aliphatic heterocycles. The van der Waals surface area contributed by atoms with Crippen LogP contribution in [0.4, 0.5) is 0 Å². The topological polar surface area (TPSA) is 39.7 Å². The van der Waals surface area contributed by atoms with Gasteiger partial charge in [0.05, 0.1) is 39.6 Å². The van der Waals surface area contributed by atoms with Crippen molar-refractivity contribution < 1.29 is 14.2 Å². The third kappa shape index (κ3) is 9.62. The SMILES string of the molecule is CCNCCOCCOCCOCc1ccccc1. The fourth-order valence-electron chi connectivity index (χ4n) is 1.53. The van der Waals surface area contributed by atoms with Crippen molar-refractivity contribution in [1.82, 2.24) is 5.32 Å². The van der Waals surface area contributed by atoms with E-state index in [0.29, 0.717) is 33.0 Å². The summed E-state index contributed by atoms with van der Waals surface area (Å²) in [6.07, 6.45) is 0. The average molecular weight is 267 g/mol. The highest BCUT2D eigenvalue weighted by Crippen LogP contribution is 1.99. The van der Waals surface area contributed by atoms with Gasteiger partial charge < -0.3 is 19.5 Å². The van der Waals surface area contributed by atoms with E-state index in [0.717, 1.165) is 19.7 Å². The predicted molar refractivity (Wildman–Crippen MR) is 76.3 cm³/mol. The molecule has 0 fully saturated rings. The van der Waals surface area contributed by atoms with Crippen LogP contribution < -0.4 is 5.32 Å². The lowest BCUT2D eigenvalue weighted by Crippen LogP contribution is -2.20. The minimum atomic E-state index is 0.614. The second kappa shape index (κ2) is 12.1. The predicted octanol–water partition coefficient (Wildman–Crippen LogP) is 1.85. The van der Waals surface area contributed by atoms with Crippen LogP contribution in [0.25, 0.3) is 0 Å². The molecule has 1 rings (SSSR count). The number of rotatable bonds is 12. The Labute approximate surface area is 116 Å². The van der Waals surface area contributed by atoms with Gasteiger partial charge in [-0.3, -0.25) is 0 Å². The molecule has 0 unspecified atom stereocenters. The molecule has 4 nitrogen and oxygen atoms in total. The van der Waals surface area contributed by atoms with Crippen LogP contribution in [0.15, 0.2) is 30.3 Å². The van der Waals surface area contributed by atoms with E-state index in [4.69, 9.17) is 14.2 Å². The van der Waals surface area contributed by atoms with Gasteiger partial charge in [-0.05, 0) is 12.1 Å². The zero-order valence-electron chi connectivity index (χ0n) is 11.8. The maximum Gasteiger partial charge on any atom is 0.0718 e. The van der Waals surface area contributed by atoms with Crippen LogP contribution in [-0.4, -0.2) is 46.1 Å². The first-order valence-corrected chi connectivity index (χ1v) is 6.91. The van der Waals surface area contributed by atoms with Gasteiger partial charge in [0.2, 0.25) is 0 Å². The van der Waals surface area contributed by atoms with Crippen LogP contribution in [0.3, 0.4) is 0 Å². The number of ether oxygens (including phenoxy) is 3. The number of likely N-dealkylation sites (N-methyl/N-ethyl adjacent to an activating group) is 1. The van der Waals surface area contributed by atoms with Crippen LogP contribution in [0.2, 0.25) is 0 Å². The summed E-state index contributed by atoms with van der Waals surface area (Å²) < 4.78 is 16.3. The van der Waals surface area contributed by atoms with Gasteiger partial charge in [0, 0.05) is 6.54 Å². The summed E-state index contributed by atoms with van der Waals surface area (Å²) in [4.78, 5) is 0. The van der Waals surface area contributed by atoms with E-state index in [1.54, 1.807) is 0 Å². The summed E-state index contributed by atoms with van der Waals surface area (Å²) in [5.74, 6) is 0. The fraction of sp³-hybridized carbons (Fsp3) is 0.600. The first-order valence-electron chi connectivity index (χ1n) is 6.91. The van der Waals surface area contributed by atoms with E-state index < -0.39 is 0 Å². The van der Waals surface area contributed by atoms with Crippen molar-refractivity contribution in [2.24, 2.45) is 0 Å². The van der Waals surface area contributed by atoms with Crippen molar-refractivity contribution in [3.63, 3.8) is 0 Å². The molecule has 0 saturated heterocycles. The summed E-state index contributed by atoms with van der Waals surface area (Å²) in [5.41, 5.74) is 1.19. The molecule has 108 valence electrons. The number of nitrogens with one attached hydrogen (secondary N) is 1. The molecule has 0 saturated carbocycles. The second-order valence-electron chi connectivity index (χ2n) is 4.12. The Bertz CT molecular complexity index is 293. The van der Waals surface area contributed by atoms with Gasteiger partial charge >= 0.3 is 0 Å². The second-order valence-corrected chi connectivity index (χ2v) is 4.12. The van der Waals surface area contributed by atoms with Gasteiger partial charge in [-0.1, -0.05) is 37.3 Å². The van der Waals surface area contributed by atoms with Crippen molar-refractivity contribution in [2.45, 2.75) is 13.5 Å². The van der Waals surface area contributed by atoms with Crippen LogP contribution in [0.5, 0.6) is 0 Å². The van der Waals surface area contributed by atoms with Crippen LogP contribution in [-0.2, 0) is 20.8 Å². The van der Waals surface area contributed by atoms with Crippen LogP contribution >= 0.6 is 0 Å². The van der Waals surface area contributed by atoms with Gasteiger partial charge in [-0.2, -0.15) is 0 Å². The molecule has 19 heavy (non-hydrogen) atoms. The van der Waals surface area contributed by atoms with Gasteiger partial charge in [0.25, 0.3) is 0 Å². The van der Waals surface area contributed by atoms with Crippen LogP contribution in [0, 0.1) is 0 Å². The molecule has 0 aliphatic carbocycles. The molecule has 4 heteroatoms. The number of hydrogen-bond acceptors (Lipinski definition) is 4. The fourth-order valence-corrected chi connectivity index (χ4v) is 1.53. The maximum absolute atomic E-state index is 5.50. The van der Waals surface area contributed by atoms with Crippen molar-refractivity contribution in [1.29, 1.82) is 0 Å². The maximum atomic E-state index is 5.50. The van der Waals surface area contributed by atoms with E-state index in [1.165, 1.54) is 5.56 Å². The minimum absolute atomic E-state index is 0.614. The Morgan fingerprint density at radius 3 is 2.16 bits per heavy atom. The molecule has 0 radical (unpaired) electrons. The highest BCUT2D eigenvalue weighted by atomic mass is 16.5. The van der Waals surface area contributed by atoms with Crippen molar-refractivity contribution in [3.8, 4) is 0 Å². The van der Waals surface area contributed by atoms with E-state index in [2.05, 4.69) is 24.4 Å². The largest absolute Gasteiger partial charge is 0.378 e. The molecule has 1 aromatic rings. The summed E-state index contributed by atoms with van der Waals surface area (Å²) in [6.45, 7) is 7.85. The smallest absolute Gasteiger partial charge is 0.0718 e. The number of benzene rings is 1. The first-order chi connectivity index (χ1) is 9.43. The summed E-state index contributed by atoms with van der Waals surface area (Å²) in [7, 11) is 0. The van der Waals surface area contributed by atoms with Gasteiger partial charge in [0.1, 0.15) is 0 Å². The molecular formula is C15H25NO3. The molecule has 0 aliphatic rings. The van der Waals surface area contributed by atoms with E-state index in [1.807, 2.05) is 18.2 Å². The normalized spacial score (nSPS) is 10.8. The standard InChI is InChI=1S/C15H25NO3/c1-2-16-8-9-17-10-11-18-12-13-19-14-15-6-4-3-5-7-15/h3-7,16H,2,8-14H2,1H3. The minimum Gasteiger partial charge on any atom is -0.378 e. The van der Waals surface area contributed by atoms with E-state index in [-0.39, 0.29) is 0 Å². The Morgan fingerprint density at radius 2 is 1.47 bits per heavy atom. The quantitative estimate of drug-likeness (QED) is 0.587.